The van der Waals surface area contributed by atoms with Gasteiger partial charge in [0.15, 0.2) is 5.11 Å². The topological polar surface area (TPSA) is 49.4 Å². The largest absolute Gasteiger partial charge is 0.298 e. The number of aryl methyl sites for hydroxylation is 1. The Morgan fingerprint density at radius 2 is 1.88 bits per heavy atom. The van der Waals surface area contributed by atoms with Crippen molar-refractivity contribution >= 4 is 56.8 Å². The van der Waals surface area contributed by atoms with Gasteiger partial charge in [-0.25, -0.2) is 0 Å². The van der Waals surface area contributed by atoms with Crippen LogP contribution < -0.4 is 10.2 Å². The summed E-state index contributed by atoms with van der Waals surface area (Å²) >= 11 is 8.56. The molecule has 0 bridgehead atoms. The Balaban J connectivity index is 2.05. The van der Waals surface area contributed by atoms with Gasteiger partial charge in [0.1, 0.15) is 5.57 Å². The summed E-state index contributed by atoms with van der Waals surface area (Å²) in [5.74, 6) is -0.926. The maximum atomic E-state index is 12.9. The maximum absolute atomic E-state index is 12.9. The predicted octanol–water partition coefficient (Wildman–Crippen LogP) is 3.59. The van der Waals surface area contributed by atoms with Crippen LogP contribution in [0.3, 0.4) is 0 Å². The van der Waals surface area contributed by atoms with Crippen LogP contribution in [0.4, 0.5) is 5.69 Å². The quantitative estimate of drug-likeness (QED) is 0.476. The number of nitrogens with one attached hydrogen (secondary N) is 1. The lowest BCUT2D eigenvalue weighted by Crippen LogP contribution is -2.54. The van der Waals surface area contributed by atoms with E-state index in [1.807, 2.05) is 37.3 Å². The highest BCUT2D eigenvalue weighted by Gasteiger charge is 2.34. The number of thiocarbonyl (C=S) groups is 1. The molecular weight excluding hydrogens is 388 g/mol. The van der Waals surface area contributed by atoms with E-state index >= 15 is 0 Å². The molecule has 0 aliphatic carbocycles. The molecule has 2 amide bonds. The van der Waals surface area contributed by atoms with Crippen LogP contribution in [0.2, 0.25) is 0 Å². The first-order chi connectivity index (χ1) is 11.5. The van der Waals surface area contributed by atoms with E-state index in [1.165, 1.54) is 4.90 Å². The van der Waals surface area contributed by atoms with Gasteiger partial charge in [0.05, 0.1) is 5.69 Å². The zero-order chi connectivity index (χ0) is 17.3. The van der Waals surface area contributed by atoms with E-state index in [9.17, 15) is 9.59 Å². The number of anilines is 1. The summed E-state index contributed by atoms with van der Waals surface area (Å²) in [6.07, 6.45) is 1.60. The third kappa shape index (κ3) is 3.16. The number of hydrogen-bond donors (Lipinski definition) is 1. The van der Waals surface area contributed by atoms with E-state index in [1.54, 1.807) is 24.3 Å². The van der Waals surface area contributed by atoms with E-state index in [-0.39, 0.29) is 10.7 Å². The standard InChI is InChI=1S/C18H13BrN2O2S/c1-11-5-2-3-6-12(11)9-15-16(22)20-18(24)21(17(15)23)14-8-4-7-13(19)10-14/h2-10H,1H3,(H,20,22,24). The zero-order valence-electron chi connectivity index (χ0n) is 12.7. The minimum atomic E-state index is -0.487. The minimum Gasteiger partial charge on any atom is -0.298 e. The third-order valence-corrected chi connectivity index (χ3v) is 4.43. The van der Waals surface area contributed by atoms with Crippen molar-refractivity contribution in [2.45, 2.75) is 6.92 Å². The van der Waals surface area contributed by atoms with Gasteiger partial charge < -0.3 is 0 Å². The SMILES string of the molecule is Cc1ccccc1C=C1C(=O)NC(=S)N(c2cccc(Br)c2)C1=O. The highest BCUT2D eigenvalue weighted by Crippen LogP contribution is 2.25. The Hall–Kier alpha value is -2.31. The van der Waals surface area contributed by atoms with E-state index in [4.69, 9.17) is 12.2 Å². The summed E-state index contributed by atoms with van der Waals surface area (Å²) in [5, 5.41) is 2.66. The number of nitrogens with zero attached hydrogens (tertiary/aromatic N) is 1. The van der Waals surface area contributed by atoms with Crippen molar-refractivity contribution < 1.29 is 9.59 Å². The molecule has 6 heteroatoms. The number of benzene rings is 2. The number of halogens is 1. The molecule has 0 atom stereocenters. The average molecular weight is 401 g/mol. The fourth-order valence-electron chi connectivity index (χ4n) is 2.41. The highest BCUT2D eigenvalue weighted by molar-refractivity contribution is 9.10. The number of carbonyl (C=O) groups is 2. The predicted molar refractivity (Wildman–Crippen MR) is 102 cm³/mol. The van der Waals surface area contributed by atoms with Crippen molar-refractivity contribution in [2.24, 2.45) is 0 Å². The normalized spacial score (nSPS) is 16.5. The smallest absolute Gasteiger partial charge is 0.270 e. The lowest BCUT2D eigenvalue weighted by molar-refractivity contribution is -0.122. The molecule has 1 aliphatic rings. The van der Waals surface area contributed by atoms with Gasteiger partial charge in [-0.3, -0.25) is 19.8 Å². The van der Waals surface area contributed by atoms with Crippen molar-refractivity contribution in [1.82, 2.24) is 5.32 Å². The molecule has 1 heterocycles. The summed E-state index contributed by atoms with van der Waals surface area (Å²) in [6.45, 7) is 1.92. The van der Waals surface area contributed by atoms with Gasteiger partial charge in [-0.2, -0.15) is 0 Å². The molecule has 0 spiro atoms. The van der Waals surface area contributed by atoms with Crippen LogP contribution in [0, 0.1) is 6.92 Å². The number of rotatable bonds is 2. The van der Waals surface area contributed by atoms with Crippen LogP contribution in [-0.2, 0) is 9.59 Å². The van der Waals surface area contributed by atoms with Gasteiger partial charge in [-0.05, 0) is 54.5 Å². The first-order valence-corrected chi connectivity index (χ1v) is 8.40. The summed E-state index contributed by atoms with van der Waals surface area (Å²) in [6, 6.07) is 14.7. The fraction of sp³-hybridized carbons (Fsp3) is 0.0556. The van der Waals surface area contributed by atoms with Gasteiger partial charge in [0.2, 0.25) is 0 Å². The fourth-order valence-corrected chi connectivity index (χ4v) is 3.08. The number of amides is 2. The molecular formula is C18H13BrN2O2S. The Morgan fingerprint density at radius 3 is 2.58 bits per heavy atom. The summed E-state index contributed by atoms with van der Waals surface area (Å²) < 4.78 is 0.817. The average Bonchev–Trinajstić information content (AvgIpc) is 2.53. The molecule has 0 radical (unpaired) electrons. The van der Waals surface area contributed by atoms with Gasteiger partial charge >= 0.3 is 0 Å². The summed E-state index contributed by atoms with van der Waals surface area (Å²) in [7, 11) is 0. The van der Waals surface area contributed by atoms with Crippen molar-refractivity contribution in [1.29, 1.82) is 0 Å². The van der Waals surface area contributed by atoms with Gasteiger partial charge in [0.25, 0.3) is 11.8 Å². The van der Waals surface area contributed by atoms with Crippen molar-refractivity contribution in [3.8, 4) is 0 Å². The van der Waals surface area contributed by atoms with Crippen LogP contribution >= 0.6 is 28.1 Å². The molecule has 0 unspecified atom stereocenters. The highest BCUT2D eigenvalue weighted by atomic mass is 79.9. The number of carbonyl (C=O) groups excluding carboxylic acids is 2. The Morgan fingerprint density at radius 1 is 1.12 bits per heavy atom. The summed E-state index contributed by atoms with van der Waals surface area (Å²) in [5.41, 5.74) is 2.44. The zero-order valence-corrected chi connectivity index (χ0v) is 15.1. The molecule has 1 fully saturated rings. The minimum absolute atomic E-state index is 0.0536. The van der Waals surface area contributed by atoms with Crippen LogP contribution in [0.1, 0.15) is 11.1 Å². The lowest BCUT2D eigenvalue weighted by atomic mass is 10.0. The second-order valence-corrected chi connectivity index (χ2v) is 6.60. The van der Waals surface area contributed by atoms with Crippen LogP contribution in [-0.4, -0.2) is 16.9 Å². The molecule has 1 saturated heterocycles. The van der Waals surface area contributed by atoms with Crippen molar-refractivity contribution in [3.63, 3.8) is 0 Å². The molecule has 4 nitrogen and oxygen atoms in total. The molecule has 120 valence electrons. The Kier molecular flexibility index (Phi) is 4.59. The molecule has 2 aromatic carbocycles. The summed E-state index contributed by atoms with van der Waals surface area (Å²) in [4.78, 5) is 26.4. The monoisotopic (exact) mass is 400 g/mol. The van der Waals surface area contributed by atoms with E-state index < -0.39 is 11.8 Å². The van der Waals surface area contributed by atoms with E-state index in [0.717, 1.165) is 15.6 Å². The third-order valence-electron chi connectivity index (χ3n) is 3.66. The first kappa shape index (κ1) is 16.5. The van der Waals surface area contributed by atoms with E-state index in [0.29, 0.717) is 5.69 Å². The Bertz CT molecular complexity index is 892. The molecule has 2 aromatic rings. The van der Waals surface area contributed by atoms with Gasteiger partial charge in [0, 0.05) is 4.47 Å². The molecule has 1 N–H and O–H groups in total. The molecule has 1 aliphatic heterocycles. The Labute approximate surface area is 153 Å². The van der Waals surface area contributed by atoms with Crippen molar-refractivity contribution in [3.05, 3.63) is 69.7 Å². The number of hydrogen-bond acceptors (Lipinski definition) is 3. The van der Waals surface area contributed by atoms with E-state index in [2.05, 4.69) is 21.2 Å². The molecule has 0 aromatic heterocycles. The second-order valence-electron chi connectivity index (χ2n) is 5.29. The molecule has 3 rings (SSSR count). The van der Waals surface area contributed by atoms with Crippen LogP contribution in [0.25, 0.3) is 6.08 Å². The maximum Gasteiger partial charge on any atom is 0.270 e. The van der Waals surface area contributed by atoms with Crippen LogP contribution in [0.15, 0.2) is 58.6 Å². The lowest BCUT2D eigenvalue weighted by Gasteiger charge is -2.29. The second kappa shape index (κ2) is 6.67. The molecule has 24 heavy (non-hydrogen) atoms. The first-order valence-electron chi connectivity index (χ1n) is 7.20. The molecule has 0 saturated carbocycles. The van der Waals surface area contributed by atoms with Crippen LogP contribution in [0.5, 0.6) is 0 Å². The van der Waals surface area contributed by atoms with Gasteiger partial charge in [-0.1, -0.05) is 46.3 Å². The van der Waals surface area contributed by atoms with Gasteiger partial charge in [-0.15, -0.1) is 0 Å². The van der Waals surface area contributed by atoms with Crippen molar-refractivity contribution in [2.75, 3.05) is 4.90 Å².